The number of hydrogen-bond acceptors (Lipinski definition) is 3. The Morgan fingerprint density at radius 1 is 1.54 bits per heavy atom. The van der Waals surface area contributed by atoms with Gasteiger partial charge in [0, 0.05) is 18.8 Å². The number of hydrogen-bond donors (Lipinski definition) is 0. The Balaban J connectivity index is 4.50. The molecule has 0 saturated carbocycles. The van der Waals surface area contributed by atoms with Crippen molar-refractivity contribution in [3.63, 3.8) is 0 Å². The van der Waals surface area contributed by atoms with Crippen LogP contribution in [-0.2, 0) is 9.63 Å². The highest BCUT2D eigenvalue weighted by atomic mass is 16.7. The number of oxime groups is 1. The number of carbonyl (C=O) groups is 1. The summed E-state index contributed by atoms with van der Waals surface area (Å²) in [4.78, 5) is 15.1. The number of rotatable bonds is 3. The molecule has 0 N–H and O–H groups in total. The zero-order chi connectivity index (χ0) is 10.5. The minimum Gasteiger partial charge on any atom is -0.319 e. The Morgan fingerprint density at radius 3 is 2.38 bits per heavy atom. The van der Waals surface area contributed by atoms with Gasteiger partial charge in [-0.3, -0.25) is 0 Å². The van der Waals surface area contributed by atoms with Crippen molar-refractivity contribution in [3.05, 3.63) is 12.7 Å². The van der Waals surface area contributed by atoms with Crippen molar-refractivity contribution in [2.75, 3.05) is 0 Å². The molecule has 0 bridgehead atoms. The van der Waals surface area contributed by atoms with Gasteiger partial charge in [-0.1, -0.05) is 32.0 Å². The van der Waals surface area contributed by atoms with E-state index < -0.39 is 5.97 Å². The van der Waals surface area contributed by atoms with Crippen molar-refractivity contribution in [2.45, 2.75) is 34.1 Å². The third-order valence-electron chi connectivity index (χ3n) is 1.49. The number of nitrogens with zero attached hydrogens (tertiary/aromatic N) is 1. The third-order valence-corrected chi connectivity index (χ3v) is 1.49. The largest absolute Gasteiger partial charge is 0.331 e. The summed E-state index contributed by atoms with van der Waals surface area (Å²) >= 11 is 0. The van der Waals surface area contributed by atoms with Crippen LogP contribution in [0, 0.1) is 5.41 Å². The summed E-state index contributed by atoms with van der Waals surface area (Å²) in [6, 6.07) is 0. The monoisotopic (exact) mass is 183 g/mol. The molecule has 0 aromatic carbocycles. The summed E-state index contributed by atoms with van der Waals surface area (Å²) in [6.45, 7) is 11.0. The quantitative estimate of drug-likeness (QED) is 0.292. The lowest BCUT2D eigenvalue weighted by Gasteiger charge is -2.19. The van der Waals surface area contributed by atoms with Gasteiger partial charge < -0.3 is 4.84 Å². The van der Waals surface area contributed by atoms with Crippen LogP contribution in [0.25, 0.3) is 0 Å². The first-order chi connectivity index (χ1) is 5.88. The lowest BCUT2D eigenvalue weighted by molar-refractivity contribution is -0.141. The third kappa shape index (κ3) is 5.17. The molecule has 0 heterocycles. The van der Waals surface area contributed by atoms with E-state index in [0.29, 0.717) is 6.42 Å². The van der Waals surface area contributed by atoms with E-state index >= 15 is 0 Å². The van der Waals surface area contributed by atoms with Gasteiger partial charge in [-0.15, -0.1) is 6.58 Å². The molecule has 74 valence electrons. The van der Waals surface area contributed by atoms with Gasteiger partial charge in [0.05, 0.1) is 5.71 Å². The van der Waals surface area contributed by atoms with E-state index in [1.165, 1.54) is 6.92 Å². The number of carbonyl (C=O) groups excluding carboxylic acids is 1. The van der Waals surface area contributed by atoms with Crippen LogP contribution in [-0.4, -0.2) is 11.7 Å². The smallest absolute Gasteiger partial charge is 0.319 e. The average molecular weight is 183 g/mol. The van der Waals surface area contributed by atoms with E-state index in [-0.39, 0.29) is 5.41 Å². The van der Waals surface area contributed by atoms with Crippen molar-refractivity contribution in [1.82, 2.24) is 0 Å². The first-order valence-electron chi connectivity index (χ1n) is 4.23. The van der Waals surface area contributed by atoms with Crippen LogP contribution >= 0.6 is 0 Å². The first kappa shape index (κ1) is 11.9. The molecule has 13 heavy (non-hydrogen) atoms. The van der Waals surface area contributed by atoms with Crippen LogP contribution in [0.3, 0.4) is 0 Å². The molecule has 0 aromatic rings. The minimum absolute atomic E-state index is 0.0936. The summed E-state index contributed by atoms with van der Waals surface area (Å²) in [5.74, 6) is -0.397. The Labute approximate surface area is 79.5 Å². The van der Waals surface area contributed by atoms with Gasteiger partial charge in [0.1, 0.15) is 0 Å². The molecule has 0 amide bonds. The van der Waals surface area contributed by atoms with Gasteiger partial charge in [0.25, 0.3) is 0 Å². The van der Waals surface area contributed by atoms with Crippen LogP contribution in [0.2, 0.25) is 0 Å². The Morgan fingerprint density at radius 2 is 2.08 bits per heavy atom. The summed E-state index contributed by atoms with van der Waals surface area (Å²) < 4.78 is 0. The molecule has 0 aliphatic carbocycles. The van der Waals surface area contributed by atoms with Crippen LogP contribution in [0.4, 0.5) is 0 Å². The van der Waals surface area contributed by atoms with Gasteiger partial charge in [0.15, 0.2) is 0 Å². The molecule has 0 fully saturated rings. The van der Waals surface area contributed by atoms with Crippen molar-refractivity contribution in [1.29, 1.82) is 0 Å². The molecule has 0 rings (SSSR count). The van der Waals surface area contributed by atoms with Crippen molar-refractivity contribution in [2.24, 2.45) is 10.6 Å². The van der Waals surface area contributed by atoms with Crippen molar-refractivity contribution >= 4 is 11.7 Å². The first-order valence-corrected chi connectivity index (χ1v) is 4.23. The molecule has 0 unspecified atom stereocenters. The van der Waals surface area contributed by atoms with Crippen LogP contribution in [0.5, 0.6) is 0 Å². The molecule has 0 aliphatic rings. The van der Waals surface area contributed by atoms with Gasteiger partial charge in [-0.2, -0.15) is 0 Å². The highest BCUT2D eigenvalue weighted by Crippen LogP contribution is 2.18. The molecule has 3 heteroatoms. The van der Waals surface area contributed by atoms with Crippen LogP contribution < -0.4 is 0 Å². The molecular weight excluding hydrogens is 166 g/mol. The fourth-order valence-electron chi connectivity index (χ4n) is 0.736. The van der Waals surface area contributed by atoms with E-state index in [4.69, 9.17) is 0 Å². The van der Waals surface area contributed by atoms with E-state index in [9.17, 15) is 4.79 Å². The normalized spacial score (nSPS) is 12.5. The fourth-order valence-corrected chi connectivity index (χ4v) is 0.736. The van der Waals surface area contributed by atoms with Crippen molar-refractivity contribution in [3.8, 4) is 0 Å². The molecule has 0 spiro atoms. The molecule has 0 aromatic heterocycles. The van der Waals surface area contributed by atoms with E-state index in [0.717, 1.165) is 5.71 Å². The Kier molecular flexibility index (Phi) is 4.38. The maximum Gasteiger partial charge on any atom is 0.331 e. The summed E-state index contributed by atoms with van der Waals surface area (Å²) in [6.07, 6.45) is 2.38. The van der Waals surface area contributed by atoms with E-state index in [1.54, 1.807) is 6.08 Å². The zero-order valence-electron chi connectivity index (χ0n) is 8.76. The lowest BCUT2D eigenvalue weighted by atomic mass is 9.88. The zero-order valence-corrected chi connectivity index (χ0v) is 8.76. The lowest BCUT2D eigenvalue weighted by Crippen LogP contribution is -2.20. The predicted molar refractivity (Wildman–Crippen MR) is 53.5 cm³/mol. The highest BCUT2D eigenvalue weighted by molar-refractivity contribution is 5.90. The minimum atomic E-state index is -0.397. The summed E-state index contributed by atoms with van der Waals surface area (Å²) in [5, 5.41) is 3.78. The number of allylic oxidation sites excluding steroid dienone is 1. The van der Waals surface area contributed by atoms with E-state index in [1.807, 2.05) is 20.8 Å². The van der Waals surface area contributed by atoms with E-state index in [2.05, 4.69) is 16.6 Å². The molecule has 3 nitrogen and oxygen atoms in total. The fraction of sp³-hybridized carbons (Fsp3) is 0.600. The molecule has 0 atom stereocenters. The van der Waals surface area contributed by atoms with Gasteiger partial charge in [-0.25, -0.2) is 4.79 Å². The SMILES string of the molecule is C=CC/C(=N\OC(C)=O)C(C)(C)C. The van der Waals surface area contributed by atoms with Crippen LogP contribution in [0.1, 0.15) is 34.1 Å². The summed E-state index contributed by atoms with van der Waals surface area (Å²) in [5.41, 5.74) is 0.724. The van der Waals surface area contributed by atoms with Gasteiger partial charge in [0.2, 0.25) is 0 Å². The Bertz CT molecular complexity index is 224. The molecule has 0 saturated heterocycles. The standard InChI is InChI=1S/C10H17NO2/c1-6-7-9(10(3,4)5)11-13-8(2)12/h6H,1,7H2,2-5H3/b11-9+. The highest BCUT2D eigenvalue weighted by Gasteiger charge is 2.18. The van der Waals surface area contributed by atoms with Gasteiger partial charge >= 0.3 is 5.97 Å². The topological polar surface area (TPSA) is 38.7 Å². The second-order valence-corrected chi connectivity index (χ2v) is 3.86. The summed E-state index contributed by atoms with van der Waals surface area (Å²) in [7, 11) is 0. The second kappa shape index (κ2) is 4.80. The molecular formula is C10H17NO2. The molecule has 0 aliphatic heterocycles. The average Bonchev–Trinajstić information content (AvgIpc) is 1.95. The predicted octanol–water partition coefficient (Wildman–Crippen LogP) is 2.53. The second-order valence-electron chi connectivity index (χ2n) is 3.86. The Hall–Kier alpha value is -1.12. The maximum absolute atomic E-state index is 10.5. The maximum atomic E-state index is 10.5. The van der Waals surface area contributed by atoms with Crippen molar-refractivity contribution < 1.29 is 9.63 Å². The van der Waals surface area contributed by atoms with Crippen LogP contribution in [0.15, 0.2) is 17.8 Å². The van der Waals surface area contributed by atoms with Gasteiger partial charge in [-0.05, 0) is 0 Å². The molecule has 0 radical (unpaired) electrons.